The van der Waals surface area contributed by atoms with Gasteiger partial charge in [-0.3, -0.25) is 4.98 Å². The van der Waals surface area contributed by atoms with Gasteiger partial charge in [0, 0.05) is 25.5 Å². The average Bonchev–Trinajstić information content (AvgIpc) is 2.42. The number of pyridine rings is 1. The number of hydrogen-bond donors (Lipinski definition) is 0. The molecule has 12 heavy (non-hydrogen) atoms. The molecule has 0 fully saturated rings. The van der Waals surface area contributed by atoms with Gasteiger partial charge in [0.25, 0.3) is 0 Å². The number of hydrogen-bond acceptors (Lipinski definition) is 2. The Morgan fingerprint density at radius 3 is 3.00 bits per heavy atom. The van der Waals surface area contributed by atoms with E-state index in [4.69, 9.17) is 0 Å². The van der Waals surface area contributed by atoms with Gasteiger partial charge in [0.1, 0.15) is 0 Å². The fourth-order valence-corrected chi connectivity index (χ4v) is 2.36. The molecule has 0 saturated heterocycles. The van der Waals surface area contributed by atoms with Gasteiger partial charge < -0.3 is 4.90 Å². The number of nitrogens with zero attached hydrogens (tertiary/aromatic N) is 2. The molecule has 1 aliphatic heterocycles. The summed E-state index contributed by atoms with van der Waals surface area (Å²) in [7, 11) is 2.12. The largest absolute Gasteiger partial charge is 0.373 e. The lowest BCUT2D eigenvalue weighted by atomic mass is 10.1. The Hall–Kier alpha value is -0.570. The van der Waals surface area contributed by atoms with E-state index in [1.54, 1.807) is 0 Å². The van der Waals surface area contributed by atoms with Crippen LogP contribution in [0.15, 0.2) is 10.7 Å². The molecular weight excluding hydrogens is 216 g/mol. The van der Waals surface area contributed by atoms with Crippen LogP contribution in [0.5, 0.6) is 0 Å². The maximum Gasteiger partial charge on any atom is 0.0595 e. The van der Waals surface area contributed by atoms with Gasteiger partial charge in [-0.05, 0) is 34.8 Å². The number of aromatic nitrogens is 1. The van der Waals surface area contributed by atoms with Gasteiger partial charge in [-0.1, -0.05) is 0 Å². The molecule has 0 bridgehead atoms. The molecule has 3 heteroatoms. The van der Waals surface area contributed by atoms with Crippen molar-refractivity contribution in [2.75, 3.05) is 18.5 Å². The summed E-state index contributed by atoms with van der Waals surface area (Å²) in [6.45, 7) is 3.19. The summed E-state index contributed by atoms with van der Waals surface area (Å²) in [5.41, 5.74) is 3.88. The van der Waals surface area contributed by atoms with Crippen molar-refractivity contribution in [1.82, 2.24) is 4.98 Å². The minimum atomic E-state index is 1.11. The quantitative estimate of drug-likeness (QED) is 0.675. The SMILES string of the molecule is Cc1ncc(Br)c2c1CCN2C. The third-order valence-corrected chi connectivity index (χ3v) is 2.98. The highest BCUT2D eigenvalue weighted by atomic mass is 79.9. The Bertz CT molecular complexity index is 323. The molecule has 0 atom stereocenters. The van der Waals surface area contributed by atoms with E-state index in [2.05, 4.69) is 39.8 Å². The lowest BCUT2D eigenvalue weighted by Crippen LogP contribution is -2.12. The molecule has 0 unspecified atom stereocenters. The second-order valence-corrected chi connectivity index (χ2v) is 4.04. The Balaban J connectivity index is 2.64. The van der Waals surface area contributed by atoms with E-state index in [1.807, 2.05) is 6.20 Å². The Morgan fingerprint density at radius 2 is 2.33 bits per heavy atom. The average molecular weight is 227 g/mol. The summed E-state index contributed by atoms with van der Waals surface area (Å²) >= 11 is 3.52. The van der Waals surface area contributed by atoms with E-state index in [0.717, 1.165) is 23.1 Å². The number of halogens is 1. The molecule has 2 nitrogen and oxygen atoms in total. The van der Waals surface area contributed by atoms with Crippen LogP contribution in [0.3, 0.4) is 0 Å². The molecule has 2 rings (SSSR count). The molecule has 64 valence electrons. The molecule has 1 aromatic heterocycles. The van der Waals surface area contributed by atoms with E-state index in [-0.39, 0.29) is 0 Å². The number of rotatable bonds is 0. The van der Waals surface area contributed by atoms with Crippen molar-refractivity contribution in [3.8, 4) is 0 Å². The van der Waals surface area contributed by atoms with Crippen LogP contribution >= 0.6 is 15.9 Å². The van der Waals surface area contributed by atoms with Crippen LogP contribution in [0.25, 0.3) is 0 Å². The van der Waals surface area contributed by atoms with Crippen LogP contribution in [0.2, 0.25) is 0 Å². The van der Waals surface area contributed by atoms with Crippen LogP contribution in [0, 0.1) is 6.92 Å². The van der Waals surface area contributed by atoms with Crippen LogP contribution in [0.4, 0.5) is 5.69 Å². The van der Waals surface area contributed by atoms with E-state index in [1.165, 1.54) is 11.3 Å². The van der Waals surface area contributed by atoms with Gasteiger partial charge in [-0.25, -0.2) is 0 Å². The minimum absolute atomic E-state index is 1.11. The first-order chi connectivity index (χ1) is 5.70. The molecule has 0 saturated carbocycles. The monoisotopic (exact) mass is 226 g/mol. The van der Waals surface area contributed by atoms with E-state index < -0.39 is 0 Å². The fraction of sp³-hybridized carbons (Fsp3) is 0.444. The zero-order valence-electron chi connectivity index (χ0n) is 7.26. The topological polar surface area (TPSA) is 16.1 Å². The molecule has 1 aromatic rings. The molecule has 0 aliphatic carbocycles. The van der Waals surface area contributed by atoms with E-state index in [9.17, 15) is 0 Å². The first-order valence-electron chi connectivity index (χ1n) is 4.05. The minimum Gasteiger partial charge on any atom is -0.373 e. The van der Waals surface area contributed by atoms with Crippen molar-refractivity contribution in [2.24, 2.45) is 0 Å². The summed E-state index contributed by atoms with van der Waals surface area (Å²) in [5.74, 6) is 0. The van der Waals surface area contributed by atoms with Gasteiger partial charge in [-0.2, -0.15) is 0 Å². The normalized spacial score (nSPS) is 15.1. The van der Waals surface area contributed by atoms with E-state index >= 15 is 0 Å². The second kappa shape index (κ2) is 2.73. The molecule has 0 radical (unpaired) electrons. The third kappa shape index (κ3) is 1.04. The predicted molar refractivity (Wildman–Crippen MR) is 53.6 cm³/mol. The number of anilines is 1. The van der Waals surface area contributed by atoms with Gasteiger partial charge in [0.15, 0.2) is 0 Å². The maximum atomic E-state index is 4.31. The molecule has 0 amide bonds. The van der Waals surface area contributed by atoms with Crippen molar-refractivity contribution in [1.29, 1.82) is 0 Å². The molecule has 0 N–H and O–H groups in total. The summed E-state index contributed by atoms with van der Waals surface area (Å²) < 4.78 is 1.11. The van der Waals surface area contributed by atoms with Crippen molar-refractivity contribution >= 4 is 21.6 Å². The highest BCUT2D eigenvalue weighted by Crippen LogP contribution is 2.34. The summed E-state index contributed by atoms with van der Waals surface area (Å²) in [6, 6.07) is 0. The second-order valence-electron chi connectivity index (χ2n) is 3.19. The Labute approximate surface area is 80.7 Å². The highest BCUT2D eigenvalue weighted by molar-refractivity contribution is 9.10. The lowest BCUT2D eigenvalue weighted by Gasteiger charge is -2.13. The molecule has 1 aliphatic rings. The van der Waals surface area contributed by atoms with Crippen molar-refractivity contribution in [3.63, 3.8) is 0 Å². The summed E-state index contributed by atoms with van der Waals surface area (Å²) in [6.07, 6.45) is 3.01. The summed E-state index contributed by atoms with van der Waals surface area (Å²) in [5, 5.41) is 0. The van der Waals surface area contributed by atoms with Gasteiger partial charge in [0.2, 0.25) is 0 Å². The van der Waals surface area contributed by atoms with E-state index in [0.29, 0.717) is 0 Å². The zero-order chi connectivity index (χ0) is 8.72. The molecule has 0 aromatic carbocycles. The highest BCUT2D eigenvalue weighted by Gasteiger charge is 2.20. The van der Waals surface area contributed by atoms with Gasteiger partial charge in [-0.15, -0.1) is 0 Å². The number of aryl methyl sites for hydroxylation is 1. The third-order valence-electron chi connectivity index (χ3n) is 2.40. The number of fused-ring (bicyclic) bond motifs is 1. The summed E-state index contributed by atoms with van der Waals surface area (Å²) in [4.78, 5) is 6.58. The molecular formula is C9H11BrN2. The van der Waals surface area contributed by atoms with Gasteiger partial charge >= 0.3 is 0 Å². The van der Waals surface area contributed by atoms with Crippen LogP contribution in [-0.4, -0.2) is 18.6 Å². The molecule has 0 spiro atoms. The first-order valence-corrected chi connectivity index (χ1v) is 4.84. The van der Waals surface area contributed by atoms with Crippen molar-refractivity contribution in [3.05, 3.63) is 21.9 Å². The number of likely N-dealkylation sites (N-methyl/N-ethyl adjacent to an activating group) is 1. The standard InChI is InChI=1S/C9H11BrN2/c1-6-7-3-4-12(2)9(7)8(10)5-11-6/h5H,3-4H2,1-2H3. The first kappa shape index (κ1) is 8.05. The maximum absolute atomic E-state index is 4.31. The van der Waals surface area contributed by atoms with Crippen LogP contribution < -0.4 is 4.90 Å². The van der Waals surface area contributed by atoms with Crippen molar-refractivity contribution in [2.45, 2.75) is 13.3 Å². The van der Waals surface area contributed by atoms with Crippen molar-refractivity contribution < 1.29 is 0 Å². The van der Waals surface area contributed by atoms with Crippen LogP contribution in [-0.2, 0) is 6.42 Å². The lowest BCUT2D eigenvalue weighted by molar-refractivity contribution is 0.950. The molecule has 2 heterocycles. The smallest absolute Gasteiger partial charge is 0.0595 e. The Kier molecular flexibility index (Phi) is 1.83. The van der Waals surface area contributed by atoms with Gasteiger partial charge in [0.05, 0.1) is 10.2 Å². The fourth-order valence-electron chi connectivity index (χ4n) is 1.71. The van der Waals surface area contributed by atoms with Crippen LogP contribution in [0.1, 0.15) is 11.3 Å². The predicted octanol–water partition coefficient (Wildman–Crippen LogP) is 2.14. The zero-order valence-corrected chi connectivity index (χ0v) is 8.85. The Morgan fingerprint density at radius 1 is 1.58 bits per heavy atom.